The van der Waals surface area contributed by atoms with E-state index in [1.54, 1.807) is 12.4 Å². The topological polar surface area (TPSA) is 101 Å². The summed E-state index contributed by atoms with van der Waals surface area (Å²) in [6.07, 6.45) is 6.97. The average Bonchev–Trinajstić information content (AvgIpc) is 3.28. The average molecular weight is 617 g/mol. The Balaban J connectivity index is 0.000000252. The van der Waals surface area contributed by atoms with Gasteiger partial charge in [0.05, 0.1) is 19.6 Å². The van der Waals surface area contributed by atoms with Gasteiger partial charge in [-0.15, -0.1) is 23.5 Å². The van der Waals surface area contributed by atoms with Gasteiger partial charge in [0.15, 0.2) is 0 Å². The second kappa shape index (κ2) is 13.0. The summed E-state index contributed by atoms with van der Waals surface area (Å²) < 4.78 is 0. The maximum Gasteiger partial charge on any atom is 0.269 e. The molecule has 4 heterocycles. The molecule has 0 aromatic carbocycles. The zero-order valence-corrected chi connectivity index (χ0v) is 26.9. The molecule has 0 aliphatic carbocycles. The van der Waals surface area contributed by atoms with E-state index in [0.29, 0.717) is 29.7 Å². The second-order valence-electron chi connectivity index (χ2n) is 10.5. The molecule has 2 aromatic heterocycles. The molecule has 12 heteroatoms. The molecule has 2 aliphatic rings. The summed E-state index contributed by atoms with van der Waals surface area (Å²) >= 11 is 5.12. The van der Waals surface area contributed by atoms with E-state index >= 15 is 0 Å². The molecule has 4 amide bonds. The quantitative estimate of drug-likeness (QED) is 0.369. The lowest BCUT2D eigenvalue weighted by Gasteiger charge is -2.30. The third-order valence-corrected chi connectivity index (χ3v) is 9.34. The summed E-state index contributed by atoms with van der Waals surface area (Å²) in [5.41, 5.74) is -1.05. The smallest absolute Gasteiger partial charge is 0.268 e. The van der Waals surface area contributed by atoms with Crippen LogP contribution in [0.2, 0.25) is 0 Å². The van der Waals surface area contributed by atoms with Gasteiger partial charge in [0.25, 0.3) is 23.6 Å². The fourth-order valence-corrected chi connectivity index (χ4v) is 7.24. The number of rotatable bonds is 6. The molecule has 212 valence electrons. The predicted octanol–water partition coefficient (Wildman–Crippen LogP) is 5.83. The van der Waals surface area contributed by atoms with Crippen molar-refractivity contribution in [2.24, 2.45) is 0 Å². The first-order chi connectivity index (χ1) is 18.7. The molecule has 40 heavy (non-hydrogen) atoms. The van der Waals surface area contributed by atoms with Crippen molar-refractivity contribution in [2.45, 2.75) is 62.7 Å². The van der Waals surface area contributed by atoms with Crippen LogP contribution in [0.4, 0.5) is 0 Å². The lowest BCUT2D eigenvalue weighted by molar-refractivity contribution is -0.144. The molecule has 0 unspecified atom stereocenters. The normalized spacial score (nSPS) is 16.3. The molecule has 0 spiro atoms. The van der Waals surface area contributed by atoms with Crippen LogP contribution in [-0.2, 0) is 19.2 Å². The molecule has 0 bridgehead atoms. The van der Waals surface area contributed by atoms with E-state index in [1.807, 2.05) is 90.5 Å². The minimum atomic E-state index is -0.601. The van der Waals surface area contributed by atoms with E-state index in [1.165, 1.54) is 56.8 Å². The van der Waals surface area contributed by atoms with Crippen molar-refractivity contribution in [3.63, 3.8) is 0 Å². The number of hydrogen-bond acceptors (Lipinski definition) is 10. The number of aromatic nitrogens is 2. The third kappa shape index (κ3) is 7.02. The number of amides is 4. The molecule has 0 fully saturated rings. The zero-order valence-electron chi connectivity index (χ0n) is 23.7. The molecule has 2 aliphatic heterocycles. The predicted molar refractivity (Wildman–Crippen MR) is 164 cm³/mol. The minimum Gasteiger partial charge on any atom is -0.268 e. The fraction of sp³-hybridized carbons (Fsp3) is 0.357. The lowest BCUT2D eigenvalue weighted by Crippen LogP contribution is -2.46. The van der Waals surface area contributed by atoms with E-state index in [0.717, 1.165) is 0 Å². The number of carbonyl (C=O) groups is 4. The number of nitrogens with zero attached hydrogens (tertiary/aromatic N) is 4. The maximum atomic E-state index is 12.9. The van der Waals surface area contributed by atoms with E-state index in [-0.39, 0.29) is 23.6 Å². The summed E-state index contributed by atoms with van der Waals surface area (Å²) in [7, 11) is 0. The summed E-state index contributed by atoms with van der Waals surface area (Å²) in [5.74, 6) is -0.896. The molecule has 0 saturated heterocycles. The second-order valence-corrected chi connectivity index (χ2v) is 14.2. The van der Waals surface area contributed by atoms with Gasteiger partial charge in [0, 0.05) is 23.5 Å². The van der Waals surface area contributed by atoms with Gasteiger partial charge in [-0.3, -0.25) is 29.0 Å². The highest BCUT2D eigenvalue weighted by Crippen LogP contribution is 2.43. The Morgan fingerprint density at radius 3 is 1.12 bits per heavy atom. The van der Waals surface area contributed by atoms with Crippen LogP contribution in [-0.4, -0.2) is 67.0 Å². The third-order valence-electron chi connectivity index (χ3n) is 5.44. The van der Waals surface area contributed by atoms with Crippen LogP contribution in [0.25, 0.3) is 0 Å². The van der Waals surface area contributed by atoms with Crippen LogP contribution in [0.15, 0.2) is 78.5 Å². The van der Waals surface area contributed by atoms with Gasteiger partial charge in [-0.2, -0.15) is 0 Å². The molecule has 0 N–H and O–H groups in total. The highest BCUT2D eigenvalue weighted by molar-refractivity contribution is 8.08. The van der Waals surface area contributed by atoms with Gasteiger partial charge < -0.3 is 0 Å². The van der Waals surface area contributed by atoms with Crippen molar-refractivity contribution >= 4 is 70.7 Å². The SMILES string of the molecule is CC(C)(C)N1C(=O)C(Sc2ccccn2)=C(Sc2ccccn2)C1=O.CSC1=C(SC)C(=O)N(C(C)(C)C)C1=O. The van der Waals surface area contributed by atoms with Crippen LogP contribution in [0, 0.1) is 0 Å². The van der Waals surface area contributed by atoms with Crippen molar-refractivity contribution in [1.29, 1.82) is 0 Å². The Morgan fingerprint density at radius 2 is 0.875 bits per heavy atom. The number of carbonyl (C=O) groups excluding carboxylic acids is 4. The largest absolute Gasteiger partial charge is 0.269 e. The number of imide groups is 2. The molecular weight excluding hydrogens is 585 g/mol. The van der Waals surface area contributed by atoms with Gasteiger partial charge in [-0.05, 0) is 78.3 Å². The number of pyridine rings is 2. The molecule has 4 rings (SSSR count). The van der Waals surface area contributed by atoms with Gasteiger partial charge in [-0.25, -0.2) is 9.97 Å². The molecule has 8 nitrogen and oxygen atoms in total. The summed E-state index contributed by atoms with van der Waals surface area (Å²) in [6.45, 7) is 11.1. The van der Waals surface area contributed by atoms with Gasteiger partial charge in [-0.1, -0.05) is 35.7 Å². The van der Waals surface area contributed by atoms with Crippen molar-refractivity contribution in [2.75, 3.05) is 12.5 Å². The first-order valence-corrected chi connectivity index (χ1v) is 16.3. The minimum absolute atomic E-state index is 0.163. The van der Waals surface area contributed by atoms with Crippen LogP contribution >= 0.6 is 47.0 Å². The lowest BCUT2D eigenvalue weighted by atomic mass is 10.1. The van der Waals surface area contributed by atoms with Crippen LogP contribution in [0.3, 0.4) is 0 Å². The van der Waals surface area contributed by atoms with Gasteiger partial charge >= 0.3 is 0 Å². The zero-order chi connectivity index (χ0) is 29.8. The van der Waals surface area contributed by atoms with Crippen molar-refractivity contribution in [3.05, 3.63) is 68.4 Å². The first-order valence-electron chi connectivity index (χ1n) is 12.2. The highest BCUT2D eigenvalue weighted by Gasteiger charge is 2.45. The Labute approximate surface area is 252 Å². The summed E-state index contributed by atoms with van der Waals surface area (Å²) in [5, 5.41) is 1.35. The van der Waals surface area contributed by atoms with E-state index < -0.39 is 11.1 Å². The van der Waals surface area contributed by atoms with Crippen LogP contribution in [0.1, 0.15) is 41.5 Å². The molecule has 2 aromatic rings. The molecular formula is C28H32N4O4S4. The van der Waals surface area contributed by atoms with Crippen molar-refractivity contribution in [1.82, 2.24) is 19.8 Å². The fourth-order valence-electron chi connectivity index (χ4n) is 3.76. The molecule has 0 atom stereocenters. The Bertz CT molecular complexity index is 1270. The van der Waals surface area contributed by atoms with Crippen molar-refractivity contribution < 1.29 is 19.2 Å². The first kappa shape index (κ1) is 32.0. The molecule has 0 radical (unpaired) electrons. The Morgan fingerprint density at radius 1 is 0.550 bits per heavy atom. The summed E-state index contributed by atoms with van der Waals surface area (Å²) in [6, 6.07) is 11.0. The van der Waals surface area contributed by atoms with E-state index in [9.17, 15) is 19.2 Å². The maximum absolute atomic E-state index is 12.9. The van der Waals surface area contributed by atoms with E-state index in [2.05, 4.69) is 9.97 Å². The van der Waals surface area contributed by atoms with Crippen LogP contribution in [0.5, 0.6) is 0 Å². The molecule has 0 saturated carbocycles. The van der Waals surface area contributed by atoms with Crippen molar-refractivity contribution in [3.8, 4) is 0 Å². The monoisotopic (exact) mass is 616 g/mol. The Hall–Kier alpha value is -2.54. The van der Waals surface area contributed by atoms with E-state index in [4.69, 9.17) is 0 Å². The van der Waals surface area contributed by atoms with Crippen LogP contribution < -0.4 is 0 Å². The highest BCUT2D eigenvalue weighted by atomic mass is 32.2. The Kier molecular flexibility index (Phi) is 10.4. The number of thioether (sulfide) groups is 4. The van der Waals surface area contributed by atoms with Gasteiger partial charge in [0.2, 0.25) is 0 Å². The number of hydrogen-bond donors (Lipinski definition) is 0. The standard InChI is InChI=1S/C18H17N3O2S2.C10H15NO2S2/c1-18(2,3)21-16(22)14(24-12-8-4-6-10-19-12)15(17(21)23)25-13-9-5-7-11-20-13;1-10(2,3)11-8(12)6(14-4)7(15-5)9(11)13/h4-11H,1-3H3;1-5H3. The van der Waals surface area contributed by atoms with Gasteiger partial charge in [0.1, 0.15) is 10.1 Å². The summed E-state index contributed by atoms with van der Waals surface area (Å²) in [4.78, 5) is 62.9.